The zero-order chi connectivity index (χ0) is 7.68. The SMILES string of the molecule is CCN1CCN2CCC(C1)C2. The summed E-state index contributed by atoms with van der Waals surface area (Å²) in [5.41, 5.74) is 0. The average molecular weight is 154 g/mol. The van der Waals surface area contributed by atoms with E-state index < -0.39 is 0 Å². The molecular formula is C9H18N2. The zero-order valence-electron chi connectivity index (χ0n) is 7.42. The molecule has 2 aliphatic heterocycles. The Kier molecular flexibility index (Phi) is 2.14. The van der Waals surface area contributed by atoms with Gasteiger partial charge in [0.25, 0.3) is 0 Å². The minimum Gasteiger partial charge on any atom is -0.302 e. The van der Waals surface area contributed by atoms with Crippen LogP contribution in [0.4, 0.5) is 0 Å². The van der Waals surface area contributed by atoms with Gasteiger partial charge in [0.1, 0.15) is 0 Å². The molecule has 2 aliphatic rings. The van der Waals surface area contributed by atoms with Crippen molar-refractivity contribution in [2.24, 2.45) is 5.92 Å². The van der Waals surface area contributed by atoms with Gasteiger partial charge in [0.2, 0.25) is 0 Å². The molecule has 2 rings (SSSR count). The van der Waals surface area contributed by atoms with E-state index in [-0.39, 0.29) is 0 Å². The summed E-state index contributed by atoms with van der Waals surface area (Å²) in [6, 6.07) is 0. The van der Waals surface area contributed by atoms with E-state index in [4.69, 9.17) is 0 Å². The Labute approximate surface area is 69.2 Å². The first-order valence-corrected chi connectivity index (χ1v) is 4.83. The molecule has 0 aromatic carbocycles. The lowest BCUT2D eigenvalue weighted by Gasteiger charge is -2.22. The molecule has 0 N–H and O–H groups in total. The Morgan fingerprint density at radius 3 is 2.91 bits per heavy atom. The van der Waals surface area contributed by atoms with Crippen LogP contribution in [0.3, 0.4) is 0 Å². The molecule has 0 aromatic heterocycles. The van der Waals surface area contributed by atoms with Gasteiger partial charge in [-0.1, -0.05) is 6.92 Å². The molecule has 2 nitrogen and oxygen atoms in total. The summed E-state index contributed by atoms with van der Waals surface area (Å²) in [4.78, 5) is 5.20. The molecule has 2 bridgehead atoms. The fourth-order valence-corrected chi connectivity index (χ4v) is 2.29. The summed E-state index contributed by atoms with van der Waals surface area (Å²) in [6.45, 7) is 10.2. The molecule has 2 heterocycles. The highest BCUT2D eigenvalue weighted by molar-refractivity contribution is 4.82. The van der Waals surface area contributed by atoms with Gasteiger partial charge in [-0.05, 0) is 25.4 Å². The lowest BCUT2D eigenvalue weighted by molar-refractivity contribution is 0.245. The van der Waals surface area contributed by atoms with Crippen molar-refractivity contribution in [3.8, 4) is 0 Å². The summed E-state index contributed by atoms with van der Waals surface area (Å²) < 4.78 is 0. The van der Waals surface area contributed by atoms with Gasteiger partial charge in [-0.25, -0.2) is 0 Å². The average Bonchev–Trinajstić information content (AvgIpc) is 2.31. The van der Waals surface area contributed by atoms with E-state index >= 15 is 0 Å². The lowest BCUT2D eigenvalue weighted by Crippen LogP contribution is -2.32. The van der Waals surface area contributed by atoms with Gasteiger partial charge in [-0.3, -0.25) is 0 Å². The van der Waals surface area contributed by atoms with E-state index in [1.165, 1.54) is 45.7 Å². The predicted octanol–water partition coefficient (Wildman–Crippen LogP) is 0.644. The zero-order valence-corrected chi connectivity index (χ0v) is 7.42. The van der Waals surface area contributed by atoms with Crippen molar-refractivity contribution in [1.82, 2.24) is 9.80 Å². The molecule has 0 aliphatic carbocycles. The van der Waals surface area contributed by atoms with Crippen molar-refractivity contribution in [1.29, 1.82) is 0 Å². The van der Waals surface area contributed by atoms with Crippen LogP contribution in [0.15, 0.2) is 0 Å². The Morgan fingerprint density at radius 1 is 1.18 bits per heavy atom. The number of hydrogen-bond acceptors (Lipinski definition) is 2. The second-order valence-corrected chi connectivity index (χ2v) is 3.85. The maximum atomic E-state index is 2.61. The Balaban J connectivity index is 1.94. The van der Waals surface area contributed by atoms with Crippen LogP contribution < -0.4 is 0 Å². The molecule has 2 saturated heterocycles. The van der Waals surface area contributed by atoms with Crippen LogP contribution in [-0.4, -0.2) is 49.1 Å². The van der Waals surface area contributed by atoms with Crippen LogP contribution in [-0.2, 0) is 0 Å². The van der Waals surface area contributed by atoms with Crippen molar-refractivity contribution < 1.29 is 0 Å². The van der Waals surface area contributed by atoms with Gasteiger partial charge in [-0.2, -0.15) is 0 Å². The molecule has 2 unspecified atom stereocenters. The number of fused-ring (bicyclic) bond motifs is 2. The predicted molar refractivity (Wildman–Crippen MR) is 46.7 cm³/mol. The molecule has 2 fully saturated rings. The molecule has 0 radical (unpaired) electrons. The molecule has 0 spiro atoms. The molecule has 64 valence electrons. The van der Waals surface area contributed by atoms with E-state index in [0.717, 1.165) is 5.92 Å². The molecule has 0 amide bonds. The smallest absolute Gasteiger partial charge is 0.0109 e. The van der Waals surface area contributed by atoms with Gasteiger partial charge in [0.05, 0.1) is 0 Å². The van der Waals surface area contributed by atoms with Crippen molar-refractivity contribution in [3.63, 3.8) is 0 Å². The van der Waals surface area contributed by atoms with Gasteiger partial charge >= 0.3 is 0 Å². The van der Waals surface area contributed by atoms with Gasteiger partial charge < -0.3 is 9.80 Å². The largest absolute Gasteiger partial charge is 0.302 e. The third-order valence-corrected chi connectivity index (χ3v) is 3.07. The second kappa shape index (κ2) is 3.11. The molecule has 0 aromatic rings. The lowest BCUT2D eigenvalue weighted by atomic mass is 10.1. The quantitative estimate of drug-likeness (QED) is 0.547. The summed E-state index contributed by atoms with van der Waals surface area (Å²) in [5, 5.41) is 0. The van der Waals surface area contributed by atoms with Crippen LogP contribution in [0.2, 0.25) is 0 Å². The highest BCUT2D eigenvalue weighted by atomic mass is 15.2. The van der Waals surface area contributed by atoms with Gasteiger partial charge in [-0.15, -0.1) is 0 Å². The van der Waals surface area contributed by atoms with Crippen LogP contribution in [0.5, 0.6) is 0 Å². The van der Waals surface area contributed by atoms with Crippen LogP contribution in [0.25, 0.3) is 0 Å². The molecule has 2 heteroatoms. The summed E-state index contributed by atoms with van der Waals surface area (Å²) >= 11 is 0. The maximum absolute atomic E-state index is 2.61. The van der Waals surface area contributed by atoms with Crippen LogP contribution >= 0.6 is 0 Å². The maximum Gasteiger partial charge on any atom is 0.0109 e. The standard InChI is InChI=1S/C9H18N2/c1-2-10-5-6-11-4-3-9(7-10)8-11/h9H,2-8H2,1H3. The van der Waals surface area contributed by atoms with Crippen LogP contribution in [0.1, 0.15) is 13.3 Å². The number of likely N-dealkylation sites (N-methyl/N-ethyl adjacent to an activating group) is 1. The molecule has 0 saturated carbocycles. The fraction of sp³-hybridized carbons (Fsp3) is 1.00. The number of nitrogens with zero attached hydrogens (tertiary/aromatic N) is 2. The van der Waals surface area contributed by atoms with E-state index in [1.54, 1.807) is 0 Å². The monoisotopic (exact) mass is 154 g/mol. The van der Waals surface area contributed by atoms with Crippen molar-refractivity contribution in [3.05, 3.63) is 0 Å². The van der Waals surface area contributed by atoms with Gasteiger partial charge in [0, 0.05) is 26.2 Å². The van der Waals surface area contributed by atoms with E-state index in [9.17, 15) is 0 Å². The second-order valence-electron chi connectivity index (χ2n) is 3.85. The highest BCUT2D eigenvalue weighted by Gasteiger charge is 2.27. The Morgan fingerprint density at radius 2 is 2.09 bits per heavy atom. The van der Waals surface area contributed by atoms with Crippen LogP contribution in [0, 0.1) is 5.92 Å². The summed E-state index contributed by atoms with van der Waals surface area (Å²) in [5.74, 6) is 0.984. The first-order chi connectivity index (χ1) is 5.38. The summed E-state index contributed by atoms with van der Waals surface area (Å²) in [7, 11) is 0. The minimum absolute atomic E-state index is 0.984. The Bertz CT molecular complexity index is 136. The topological polar surface area (TPSA) is 6.48 Å². The third kappa shape index (κ3) is 1.57. The number of rotatable bonds is 1. The highest BCUT2D eigenvalue weighted by Crippen LogP contribution is 2.19. The van der Waals surface area contributed by atoms with Crippen molar-refractivity contribution >= 4 is 0 Å². The van der Waals surface area contributed by atoms with E-state index in [1.807, 2.05) is 0 Å². The van der Waals surface area contributed by atoms with E-state index in [0.29, 0.717) is 0 Å². The van der Waals surface area contributed by atoms with Crippen molar-refractivity contribution in [2.45, 2.75) is 13.3 Å². The molecule has 2 atom stereocenters. The third-order valence-electron chi connectivity index (χ3n) is 3.07. The fourth-order valence-electron chi connectivity index (χ4n) is 2.29. The summed E-state index contributed by atoms with van der Waals surface area (Å²) in [6.07, 6.45) is 1.44. The van der Waals surface area contributed by atoms with E-state index in [2.05, 4.69) is 16.7 Å². The minimum atomic E-state index is 0.984. The number of hydrogen-bond donors (Lipinski definition) is 0. The molecular weight excluding hydrogens is 136 g/mol. The van der Waals surface area contributed by atoms with Gasteiger partial charge in [0.15, 0.2) is 0 Å². The first kappa shape index (κ1) is 7.56. The first-order valence-electron chi connectivity index (χ1n) is 4.83. The normalized spacial score (nSPS) is 39.0. The molecule has 11 heavy (non-hydrogen) atoms. The Hall–Kier alpha value is -0.0800. The van der Waals surface area contributed by atoms with Crippen molar-refractivity contribution in [2.75, 3.05) is 39.3 Å².